The van der Waals surface area contributed by atoms with E-state index in [0.29, 0.717) is 19.0 Å². The molecule has 5 heterocycles. The number of esters is 1. The Hall–Kier alpha value is -5.91. The summed E-state index contributed by atoms with van der Waals surface area (Å²) in [5.74, 6) is -8.76. The van der Waals surface area contributed by atoms with Crippen LogP contribution in [-0.2, 0) is 23.8 Å². The van der Waals surface area contributed by atoms with E-state index in [9.17, 15) is 39.3 Å². The molecule has 5 aliphatic rings. The Morgan fingerprint density at radius 1 is 0.887 bits per heavy atom. The number of methoxy groups -OCH3 is 1. The quantitative estimate of drug-likeness (QED) is 0.323. The average molecular weight is 858 g/mol. The molecule has 332 valence electrons. The van der Waals surface area contributed by atoms with E-state index < -0.39 is 94.4 Å². The molecule has 1 aromatic carbocycles. The predicted molar refractivity (Wildman–Crippen MR) is 224 cm³/mol. The van der Waals surface area contributed by atoms with Crippen molar-refractivity contribution in [1.29, 1.82) is 0 Å². The van der Waals surface area contributed by atoms with Gasteiger partial charge in [-0.25, -0.2) is 9.97 Å². The summed E-state index contributed by atoms with van der Waals surface area (Å²) in [5.41, 5.74) is -1.54. The molecule has 2 aromatic rings. The Morgan fingerprint density at radius 3 is 2.16 bits per heavy atom. The summed E-state index contributed by atoms with van der Waals surface area (Å²) >= 11 is 0. The Bertz CT molecular complexity index is 2250. The number of aromatic hydroxyl groups is 1. The van der Waals surface area contributed by atoms with Crippen molar-refractivity contribution in [3.05, 3.63) is 88.2 Å². The normalized spacial score (nSPS) is 29.9. The number of phenols is 1. The number of aromatic nitrogens is 2. The number of anilines is 1. The van der Waals surface area contributed by atoms with E-state index in [4.69, 9.17) is 18.9 Å². The van der Waals surface area contributed by atoms with Crippen LogP contribution in [0, 0.1) is 30.6 Å². The number of hydrogen-bond donors (Lipinski definition) is 4. The van der Waals surface area contributed by atoms with E-state index in [1.54, 1.807) is 63.2 Å². The molecule has 4 N–H and O–H groups in total. The molecule has 0 spiro atoms. The van der Waals surface area contributed by atoms with Crippen LogP contribution in [0.25, 0.3) is 0 Å². The standard InChI is InChI=1S/C45H55N5O12/c1-22-12-10-13-23(2)43(58)48-33-34(49-17-19-50(20-18-49)44-46-15-11-16-47-44)39(56)30-31(38(33)55)37(54)27(6)41-32(30)42(57)45(8,62-41)60-21-14-29(59-9)24(3)40(61-28(7)51)26(5)36(53)25(4)35(22)52/h10-16,21-22,24-26,29,35-36,40,52-54H,17-20H2,1-9H3,(H,48,58). The molecule has 7 rings (SSSR count). The van der Waals surface area contributed by atoms with Crippen molar-refractivity contribution in [3.63, 3.8) is 0 Å². The molecule has 1 saturated heterocycles. The molecule has 9 unspecified atom stereocenters. The van der Waals surface area contributed by atoms with Crippen molar-refractivity contribution in [2.75, 3.05) is 38.2 Å². The molecule has 1 aliphatic carbocycles. The van der Waals surface area contributed by atoms with Crippen LogP contribution >= 0.6 is 0 Å². The highest BCUT2D eigenvalue weighted by Gasteiger charge is 2.53. The predicted octanol–water partition coefficient (Wildman–Crippen LogP) is 3.57. The molecule has 4 aliphatic heterocycles. The van der Waals surface area contributed by atoms with Gasteiger partial charge >= 0.3 is 11.8 Å². The second-order valence-electron chi connectivity index (χ2n) is 16.5. The van der Waals surface area contributed by atoms with Crippen LogP contribution in [-0.4, -0.2) is 123 Å². The maximum Gasteiger partial charge on any atom is 0.312 e. The number of hydrogen-bond acceptors (Lipinski definition) is 16. The van der Waals surface area contributed by atoms with Crippen molar-refractivity contribution in [2.45, 2.75) is 85.6 Å². The van der Waals surface area contributed by atoms with Gasteiger partial charge < -0.3 is 49.4 Å². The zero-order valence-electron chi connectivity index (χ0n) is 36.4. The lowest BCUT2D eigenvalue weighted by Gasteiger charge is -2.38. The van der Waals surface area contributed by atoms with Gasteiger partial charge in [-0.1, -0.05) is 45.9 Å². The van der Waals surface area contributed by atoms with Gasteiger partial charge in [-0.05, 0) is 26.0 Å². The van der Waals surface area contributed by atoms with Crippen LogP contribution in [0.4, 0.5) is 5.95 Å². The number of aliphatic hydroxyl groups excluding tert-OH is 2. The summed E-state index contributed by atoms with van der Waals surface area (Å²) in [4.78, 5) is 82.7. The van der Waals surface area contributed by atoms with Crippen LogP contribution in [0.15, 0.2) is 66.0 Å². The van der Waals surface area contributed by atoms with Crippen molar-refractivity contribution in [1.82, 2.24) is 20.2 Å². The monoisotopic (exact) mass is 857 g/mol. The van der Waals surface area contributed by atoms with E-state index in [2.05, 4.69) is 15.3 Å². The molecular formula is C45H55N5O12. The maximum atomic E-state index is 15.0. The van der Waals surface area contributed by atoms with Gasteiger partial charge in [0.05, 0.1) is 41.3 Å². The highest BCUT2D eigenvalue weighted by Crippen LogP contribution is 2.49. The van der Waals surface area contributed by atoms with Crippen LogP contribution in [0.2, 0.25) is 0 Å². The third-order valence-electron chi connectivity index (χ3n) is 12.4. The topological polar surface area (TPSA) is 227 Å². The molecule has 1 fully saturated rings. The van der Waals surface area contributed by atoms with Gasteiger partial charge in [0.25, 0.3) is 11.7 Å². The fraction of sp³-hybridized carbons (Fsp3) is 0.489. The van der Waals surface area contributed by atoms with Gasteiger partial charge in [-0.2, -0.15) is 0 Å². The van der Waals surface area contributed by atoms with E-state index >= 15 is 0 Å². The first kappa shape index (κ1) is 45.6. The number of allylic oxidation sites excluding steroid dienone is 4. The first-order valence-electron chi connectivity index (χ1n) is 20.6. The number of aliphatic hydroxyl groups is 2. The molecule has 17 heteroatoms. The lowest BCUT2D eigenvalue weighted by molar-refractivity contribution is -0.160. The third-order valence-corrected chi connectivity index (χ3v) is 12.4. The number of benzene rings is 1. The van der Waals surface area contributed by atoms with Gasteiger partial charge in [-0.15, -0.1) is 0 Å². The lowest BCUT2D eigenvalue weighted by Crippen LogP contribution is -2.50. The van der Waals surface area contributed by atoms with Crippen molar-refractivity contribution in [2.24, 2.45) is 23.7 Å². The lowest BCUT2D eigenvalue weighted by atomic mass is 9.78. The number of nitrogens with zero attached hydrogens (tertiary/aromatic N) is 4. The summed E-state index contributed by atoms with van der Waals surface area (Å²) in [6, 6.07) is 1.69. The van der Waals surface area contributed by atoms with Crippen molar-refractivity contribution >= 4 is 35.2 Å². The first-order valence-corrected chi connectivity index (χ1v) is 20.6. The zero-order chi connectivity index (χ0) is 45.4. The second-order valence-corrected chi connectivity index (χ2v) is 16.5. The fourth-order valence-corrected chi connectivity index (χ4v) is 8.56. The number of carbonyl (C=O) groups excluding carboxylic acids is 5. The molecule has 1 amide bonds. The molecule has 9 atom stereocenters. The molecular weight excluding hydrogens is 803 g/mol. The van der Waals surface area contributed by atoms with E-state index in [1.807, 2.05) is 4.90 Å². The number of carbonyl (C=O) groups is 5. The smallest absolute Gasteiger partial charge is 0.312 e. The largest absolute Gasteiger partial charge is 0.507 e. The zero-order valence-corrected chi connectivity index (χ0v) is 36.4. The van der Waals surface area contributed by atoms with Gasteiger partial charge in [0.1, 0.15) is 29.0 Å². The number of ketones is 3. The number of ether oxygens (including phenoxy) is 4. The van der Waals surface area contributed by atoms with Gasteiger partial charge in [0.2, 0.25) is 17.5 Å². The Labute approximate surface area is 360 Å². The van der Waals surface area contributed by atoms with E-state index in [0.717, 1.165) is 0 Å². The van der Waals surface area contributed by atoms with Crippen LogP contribution in [0.3, 0.4) is 0 Å². The third kappa shape index (κ3) is 8.48. The molecule has 17 nitrogen and oxygen atoms in total. The minimum Gasteiger partial charge on any atom is -0.507 e. The highest BCUT2D eigenvalue weighted by molar-refractivity contribution is 6.32. The summed E-state index contributed by atoms with van der Waals surface area (Å²) in [7, 11) is 1.43. The molecule has 62 heavy (non-hydrogen) atoms. The second kappa shape index (κ2) is 18.2. The minimum atomic E-state index is -2.10. The number of Topliss-reactive ketones (excluding diaryl/α,β-unsaturated/α-hetero) is 3. The summed E-state index contributed by atoms with van der Waals surface area (Å²) in [6.07, 6.45) is 6.63. The Balaban J connectivity index is 1.47. The van der Waals surface area contributed by atoms with E-state index in [1.165, 1.54) is 53.2 Å². The number of phenolic OH excluding ortho intramolecular Hbond substituents is 1. The van der Waals surface area contributed by atoms with E-state index in [-0.39, 0.29) is 52.5 Å². The fourth-order valence-electron chi connectivity index (χ4n) is 8.56. The molecule has 1 aromatic heterocycles. The van der Waals surface area contributed by atoms with Crippen LogP contribution in [0.1, 0.15) is 85.1 Å². The SMILES string of the molecule is COC1C=COC2(C)Oc3c(C)c(O)c4c(c3C2=O)C(=O)C(N2CCN(c3ncccn3)CC2)=C(NC(=O)C(C)=CC=CC(C)C(O)C(C)C(O)C(C)C(OC(C)=O)C1C)C4=O. The van der Waals surface area contributed by atoms with Gasteiger partial charge in [0.15, 0.2) is 0 Å². The highest BCUT2D eigenvalue weighted by atomic mass is 16.7. The van der Waals surface area contributed by atoms with Crippen molar-refractivity contribution in [3.8, 4) is 11.5 Å². The number of nitrogens with one attached hydrogen (secondary N) is 1. The average Bonchev–Trinajstić information content (AvgIpc) is 3.52. The summed E-state index contributed by atoms with van der Waals surface area (Å²) < 4.78 is 23.6. The summed E-state index contributed by atoms with van der Waals surface area (Å²) in [5, 5.41) is 37.2. The minimum absolute atomic E-state index is 0.00686. The Kier molecular flexibility index (Phi) is 13.4. The first-order chi connectivity index (χ1) is 29.3. The maximum absolute atomic E-state index is 15.0. The number of fused-ring (bicyclic) bond motifs is 14. The van der Waals surface area contributed by atoms with Crippen molar-refractivity contribution < 1.29 is 58.2 Å². The van der Waals surface area contributed by atoms with Gasteiger partial charge in [0, 0.05) is 94.3 Å². The number of amides is 1. The molecule has 0 saturated carbocycles. The number of rotatable bonds is 4. The van der Waals surface area contributed by atoms with Gasteiger partial charge in [-0.3, -0.25) is 24.0 Å². The molecule has 5 bridgehead atoms. The van der Waals surface area contributed by atoms with Crippen LogP contribution in [0.5, 0.6) is 11.5 Å². The number of piperazine rings is 1. The van der Waals surface area contributed by atoms with Crippen LogP contribution < -0.4 is 15.0 Å². The molecule has 0 radical (unpaired) electrons. The Morgan fingerprint density at radius 2 is 1.53 bits per heavy atom. The summed E-state index contributed by atoms with van der Waals surface area (Å²) in [6.45, 7) is 13.5.